The van der Waals surface area contributed by atoms with E-state index in [9.17, 15) is 9.59 Å². The second-order valence-corrected chi connectivity index (χ2v) is 7.12. The second kappa shape index (κ2) is 8.28. The lowest BCUT2D eigenvalue weighted by Crippen LogP contribution is -2.23. The minimum absolute atomic E-state index is 0.123. The van der Waals surface area contributed by atoms with E-state index in [1.54, 1.807) is 61.7 Å². The average molecular weight is 402 g/mol. The van der Waals surface area contributed by atoms with Gasteiger partial charge in [0.05, 0.1) is 10.6 Å². The van der Waals surface area contributed by atoms with E-state index >= 15 is 0 Å². The van der Waals surface area contributed by atoms with Gasteiger partial charge in [0, 0.05) is 12.1 Å². The molecule has 0 atom stereocenters. The number of ether oxygens (including phenoxy) is 1. The van der Waals surface area contributed by atoms with Gasteiger partial charge >= 0.3 is 0 Å². The molecule has 0 saturated carbocycles. The number of primary amides is 1. The number of likely N-dealkylation sites (N-methyl/N-ethyl adjacent to an activating group) is 1. The lowest BCUT2D eigenvalue weighted by atomic mass is 10.2. The number of carbonyl (C=O) groups is 2. The molecule has 2 aromatic rings. The molecule has 138 valence electrons. The summed E-state index contributed by atoms with van der Waals surface area (Å²) in [5.74, 6) is -0.130. The Hall–Kier alpha value is -2.77. The van der Waals surface area contributed by atoms with E-state index < -0.39 is 5.91 Å². The van der Waals surface area contributed by atoms with Crippen LogP contribution in [0.15, 0.2) is 58.4 Å². The maximum atomic E-state index is 12.5. The van der Waals surface area contributed by atoms with Crippen molar-refractivity contribution in [3.8, 4) is 5.75 Å². The summed E-state index contributed by atoms with van der Waals surface area (Å²) >= 11 is 7.18. The van der Waals surface area contributed by atoms with E-state index in [0.717, 1.165) is 11.3 Å². The fraction of sp³-hybridized carbons (Fsp3) is 0.105. The molecule has 1 saturated heterocycles. The molecule has 0 aliphatic carbocycles. The van der Waals surface area contributed by atoms with Crippen LogP contribution in [0.1, 0.15) is 5.56 Å². The number of halogens is 1. The molecule has 0 spiro atoms. The molecule has 0 unspecified atom stereocenters. The van der Waals surface area contributed by atoms with Gasteiger partial charge in [-0.05, 0) is 59.8 Å². The predicted molar refractivity (Wildman–Crippen MR) is 108 cm³/mol. The Bertz CT molecular complexity index is 924. The van der Waals surface area contributed by atoms with Gasteiger partial charge in [-0.1, -0.05) is 23.7 Å². The Kier molecular flexibility index (Phi) is 5.83. The van der Waals surface area contributed by atoms with Gasteiger partial charge in [-0.25, -0.2) is 4.99 Å². The molecule has 1 aliphatic heterocycles. The van der Waals surface area contributed by atoms with Gasteiger partial charge in [-0.3, -0.25) is 14.5 Å². The fourth-order valence-corrected chi connectivity index (χ4v) is 3.36. The maximum absolute atomic E-state index is 12.5. The summed E-state index contributed by atoms with van der Waals surface area (Å²) in [6.45, 7) is -0.176. The summed E-state index contributed by atoms with van der Waals surface area (Å²) in [5.41, 5.74) is 6.60. The van der Waals surface area contributed by atoms with E-state index in [0.29, 0.717) is 20.8 Å². The first-order chi connectivity index (χ1) is 12.9. The Morgan fingerprint density at radius 1 is 1.22 bits per heavy atom. The summed E-state index contributed by atoms with van der Waals surface area (Å²) in [6, 6.07) is 14.1. The molecular formula is C19H16ClN3O3S. The van der Waals surface area contributed by atoms with Gasteiger partial charge in [0.25, 0.3) is 11.8 Å². The summed E-state index contributed by atoms with van der Waals surface area (Å²) in [6.07, 6.45) is 1.78. The average Bonchev–Trinajstić information content (AvgIpc) is 2.91. The Balaban J connectivity index is 1.75. The van der Waals surface area contributed by atoms with Gasteiger partial charge in [-0.2, -0.15) is 0 Å². The Morgan fingerprint density at radius 3 is 2.52 bits per heavy atom. The predicted octanol–water partition coefficient (Wildman–Crippen LogP) is 3.44. The van der Waals surface area contributed by atoms with E-state index in [1.807, 2.05) is 0 Å². The van der Waals surface area contributed by atoms with Crippen LogP contribution in [0.25, 0.3) is 6.08 Å². The zero-order chi connectivity index (χ0) is 19.4. The highest BCUT2D eigenvalue weighted by Gasteiger charge is 2.30. The normalized spacial score (nSPS) is 17.0. The van der Waals surface area contributed by atoms with Crippen LogP contribution in [0.5, 0.6) is 5.75 Å². The summed E-state index contributed by atoms with van der Waals surface area (Å²) < 4.78 is 5.22. The lowest BCUT2D eigenvalue weighted by Gasteiger charge is -2.07. The molecule has 2 aromatic carbocycles. The van der Waals surface area contributed by atoms with Crippen molar-refractivity contribution >= 4 is 52.1 Å². The second-order valence-electron chi connectivity index (χ2n) is 5.67. The van der Waals surface area contributed by atoms with Crippen LogP contribution in [0.3, 0.4) is 0 Å². The first-order valence-corrected chi connectivity index (χ1v) is 9.15. The number of nitrogens with zero attached hydrogens (tertiary/aromatic N) is 2. The number of rotatable bonds is 5. The highest BCUT2D eigenvalue weighted by molar-refractivity contribution is 8.18. The molecule has 8 heteroatoms. The first-order valence-electron chi connectivity index (χ1n) is 7.95. The largest absolute Gasteiger partial charge is 0.484 e. The standard InChI is InChI=1S/C19H16ClN3O3S/c1-23-18(25)16(27-19(23)22-14-6-4-13(20)5-7-14)10-12-2-8-15(9-3-12)26-11-17(21)24/h2-10H,11H2,1H3,(H2,21,24)/b16-10-,22-19?. The summed E-state index contributed by atoms with van der Waals surface area (Å²) in [5, 5.41) is 1.22. The first kappa shape index (κ1) is 19.0. The molecule has 1 fully saturated rings. The number of hydrogen-bond donors (Lipinski definition) is 1. The van der Waals surface area contributed by atoms with Crippen molar-refractivity contribution in [3.63, 3.8) is 0 Å². The molecule has 3 rings (SSSR count). The van der Waals surface area contributed by atoms with Crippen LogP contribution in [0, 0.1) is 0 Å². The zero-order valence-electron chi connectivity index (χ0n) is 14.4. The number of aliphatic imine (C=N–C) groups is 1. The van der Waals surface area contributed by atoms with Gasteiger partial charge in [-0.15, -0.1) is 0 Å². The molecule has 2 amide bonds. The number of nitrogens with two attached hydrogens (primary N) is 1. The highest BCUT2D eigenvalue weighted by Crippen LogP contribution is 2.33. The molecule has 0 radical (unpaired) electrons. The van der Waals surface area contributed by atoms with Gasteiger partial charge in [0.15, 0.2) is 11.8 Å². The number of amides is 2. The summed E-state index contributed by atoms with van der Waals surface area (Å²) in [7, 11) is 1.69. The van der Waals surface area contributed by atoms with E-state index in [4.69, 9.17) is 22.1 Å². The van der Waals surface area contributed by atoms with Crippen LogP contribution < -0.4 is 10.5 Å². The SMILES string of the molecule is CN1C(=O)/C(=C/c2ccc(OCC(N)=O)cc2)SC1=Nc1ccc(Cl)cc1. The van der Waals surface area contributed by atoms with Gasteiger partial charge in [0.1, 0.15) is 5.75 Å². The maximum Gasteiger partial charge on any atom is 0.266 e. The highest BCUT2D eigenvalue weighted by atomic mass is 35.5. The minimum Gasteiger partial charge on any atom is -0.484 e. The third kappa shape index (κ3) is 4.90. The van der Waals surface area contributed by atoms with Crippen molar-refractivity contribution < 1.29 is 14.3 Å². The molecule has 2 N–H and O–H groups in total. The van der Waals surface area contributed by atoms with E-state index in [-0.39, 0.29) is 12.5 Å². The fourth-order valence-electron chi connectivity index (χ4n) is 2.24. The summed E-state index contributed by atoms with van der Waals surface area (Å²) in [4.78, 5) is 29.8. The zero-order valence-corrected chi connectivity index (χ0v) is 16.0. The number of carbonyl (C=O) groups excluding carboxylic acids is 2. The molecule has 6 nitrogen and oxygen atoms in total. The lowest BCUT2D eigenvalue weighted by molar-refractivity contribution is -0.121. The van der Waals surface area contributed by atoms with Gasteiger partial charge in [0.2, 0.25) is 0 Å². The van der Waals surface area contributed by atoms with Crippen LogP contribution in [-0.2, 0) is 9.59 Å². The Morgan fingerprint density at radius 2 is 1.89 bits per heavy atom. The van der Waals surface area contributed by atoms with Crippen LogP contribution in [0.2, 0.25) is 5.02 Å². The number of amidine groups is 1. The number of thioether (sulfide) groups is 1. The minimum atomic E-state index is -0.537. The smallest absolute Gasteiger partial charge is 0.266 e. The monoisotopic (exact) mass is 401 g/mol. The van der Waals surface area contributed by atoms with Gasteiger partial charge < -0.3 is 10.5 Å². The van der Waals surface area contributed by atoms with Crippen molar-refractivity contribution in [2.75, 3.05) is 13.7 Å². The van der Waals surface area contributed by atoms with Crippen LogP contribution >= 0.6 is 23.4 Å². The molecule has 27 heavy (non-hydrogen) atoms. The topological polar surface area (TPSA) is 85.0 Å². The van der Waals surface area contributed by atoms with Crippen molar-refractivity contribution in [3.05, 3.63) is 64.0 Å². The quantitative estimate of drug-likeness (QED) is 0.777. The van der Waals surface area contributed by atoms with E-state index in [1.165, 1.54) is 16.7 Å². The molecule has 0 aromatic heterocycles. The molecule has 0 bridgehead atoms. The van der Waals surface area contributed by atoms with Crippen molar-refractivity contribution in [1.29, 1.82) is 0 Å². The molecular weight excluding hydrogens is 386 g/mol. The molecule has 1 aliphatic rings. The van der Waals surface area contributed by atoms with Crippen molar-refractivity contribution in [1.82, 2.24) is 4.90 Å². The van der Waals surface area contributed by atoms with Crippen LogP contribution in [0.4, 0.5) is 5.69 Å². The Labute approximate surface area is 165 Å². The number of hydrogen-bond acceptors (Lipinski definition) is 5. The van der Waals surface area contributed by atoms with Crippen molar-refractivity contribution in [2.45, 2.75) is 0 Å². The molecule has 1 heterocycles. The van der Waals surface area contributed by atoms with Crippen LogP contribution in [-0.4, -0.2) is 35.5 Å². The number of benzene rings is 2. The third-order valence-corrected chi connectivity index (χ3v) is 4.93. The van der Waals surface area contributed by atoms with E-state index in [2.05, 4.69) is 4.99 Å². The van der Waals surface area contributed by atoms with Crippen molar-refractivity contribution in [2.24, 2.45) is 10.7 Å². The third-order valence-electron chi connectivity index (χ3n) is 3.61.